The molecule has 3 aromatic carbocycles. The van der Waals surface area contributed by atoms with Crippen molar-refractivity contribution in [2.24, 2.45) is 5.10 Å². The molecule has 0 unspecified atom stereocenters. The monoisotopic (exact) mass is 450 g/mol. The molecule has 0 heterocycles. The number of para-hydroxylation sites is 1. The first-order valence-corrected chi connectivity index (χ1v) is 9.78. The van der Waals surface area contributed by atoms with Crippen molar-refractivity contribution in [3.05, 3.63) is 88.9 Å². The third-order valence-corrected chi connectivity index (χ3v) is 4.45. The summed E-state index contributed by atoms with van der Waals surface area (Å²) in [4.78, 5) is 37.0. The molecule has 162 valence electrons. The largest absolute Gasteiger partial charge is 0.497 e. The van der Waals surface area contributed by atoms with E-state index in [0.29, 0.717) is 22.0 Å². The standard InChI is InChI=1S/C23H19ClN4O4/c1-32-18-6-4-5-15(13-18)14-25-28-23(31)22(30)27-20-8-3-2-7-19(20)21(29)26-17-11-9-16(24)10-12-17/h2-14H,1H3,(H,26,29)(H,27,30)(H,28,31). The summed E-state index contributed by atoms with van der Waals surface area (Å²) >= 11 is 5.85. The second kappa shape index (κ2) is 10.7. The highest BCUT2D eigenvalue weighted by molar-refractivity contribution is 6.40. The summed E-state index contributed by atoms with van der Waals surface area (Å²) in [6, 6.07) is 19.9. The van der Waals surface area contributed by atoms with Crippen molar-refractivity contribution in [1.82, 2.24) is 5.43 Å². The van der Waals surface area contributed by atoms with Gasteiger partial charge in [-0.1, -0.05) is 35.9 Å². The Balaban J connectivity index is 1.63. The molecule has 3 amide bonds. The van der Waals surface area contributed by atoms with E-state index in [1.54, 1.807) is 60.7 Å². The Morgan fingerprint density at radius 1 is 0.906 bits per heavy atom. The Bertz CT molecular complexity index is 1160. The topological polar surface area (TPSA) is 109 Å². The van der Waals surface area contributed by atoms with Crippen molar-refractivity contribution in [3.8, 4) is 5.75 Å². The molecule has 0 spiro atoms. The second-order valence-electron chi connectivity index (χ2n) is 6.44. The number of hydrogen-bond donors (Lipinski definition) is 3. The molecule has 0 aliphatic heterocycles. The molecule has 8 nitrogen and oxygen atoms in total. The van der Waals surface area contributed by atoms with Gasteiger partial charge in [0.2, 0.25) is 0 Å². The molecule has 0 aliphatic rings. The fourth-order valence-electron chi connectivity index (χ4n) is 2.64. The average Bonchev–Trinajstić information content (AvgIpc) is 2.81. The van der Waals surface area contributed by atoms with Gasteiger partial charge in [0.05, 0.1) is 24.6 Å². The molecule has 0 radical (unpaired) electrons. The smallest absolute Gasteiger partial charge is 0.329 e. The predicted molar refractivity (Wildman–Crippen MR) is 123 cm³/mol. The van der Waals surface area contributed by atoms with Gasteiger partial charge in [0.15, 0.2) is 0 Å². The van der Waals surface area contributed by atoms with E-state index < -0.39 is 17.7 Å². The number of ether oxygens (including phenoxy) is 1. The van der Waals surface area contributed by atoms with Gasteiger partial charge in [-0.15, -0.1) is 0 Å². The number of hydrazone groups is 1. The second-order valence-corrected chi connectivity index (χ2v) is 6.87. The van der Waals surface area contributed by atoms with Gasteiger partial charge >= 0.3 is 11.8 Å². The third kappa shape index (κ3) is 6.16. The van der Waals surface area contributed by atoms with Crippen molar-refractivity contribution in [2.45, 2.75) is 0 Å². The van der Waals surface area contributed by atoms with E-state index in [2.05, 4.69) is 21.2 Å². The van der Waals surface area contributed by atoms with Crippen LogP contribution in [0.4, 0.5) is 11.4 Å². The Morgan fingerprint density at radius 3 is 2.41 bits per heavy atom. The molecule has 9 heteroatoms. The SMILES string of the molecule is COc1cccc(C=NNC(=O)C(=O)Nc2ccccc2C(=O)Nc2ccc(Cl)cc2)c1. The van der Waals surface area contributed by atoms with Gasteiger partial charge < -0.3 is 15.4 Å². The van der Waals surface area contributed by atoms with Gasteiger partial charge in [0.1, 0.15) is 5.75 Å². The minimum Gasteiger partial charge on any atom is -0.497 e. The minimum atomic E-state index is -0.989. The number of nitrogens with zero attached hydrogens (tertiary/aromatic N) is 1. The number of carbonyl (C=O) groups excluding carboxylic acids is 3. The Labute approximate surface area is 189 Å². The summed E-state index contributed by atoms with van der Waals surface area (Å²) in [5.41, 5.74) is 3.72. The van der Waals surface area contributed by atoms with Crippen molar-refractivity contribution in [1.29, 1.82) is 0 Å². The molecule has 0 fully saturated rings. The number of anilines is 2. The van der Waals surface area contributed by atoms with Crippen LogP contribution in [0.25, 0.3) is 0 Å². The quantitative estimate of drug-likeness (QED) is 0.302. The predicted octanol–water partition coefficient (Wildman–Crippen LogP) is 3.69. The van der Waals surface area contributed by atoms with Crippen LogP contribution in [0, 0.1) is 0 Å². The van der Waals surface area contributed by atoms with Crippen LogP contribution in [-0.2, 0) is 9.59 Å². The molecule has 0 saturated heterocycles. The molecular formula is C23H19ClN4O4. The zero-order valence-electron chi connectivity index (χ0n) is 17.0. The fraction of sp³-hybridized carbons (Fsp3) is 0.0435. The Morgan fingerprint density at radius 2 is 1.66 bits per heavy atom. The van der Waals surface area contributed by atoms with E-state index in [1.807, 2.05) is 0 Å². The molecule has 0 bridgehead atoms. The highest BCUT2D eigenvalue weighted by atomic mass is 35.5. The van der Waals surface area contributed by atoms with Crippen LogP contribution in [0.1, 0.15) is 15.9 Å². The van der Waals surface area contributed by atoms with Gasteiger partial charge in [-0.05, 0) is 54.1 Å². The van der Waals surface area contributed by atoms with Gasteiger partial charge in [-0.25, -0.2) is 5.43 Å². The fourth-order valence-corrected chi connectivity index (χ4v) is 2.76. The summed E-state index contributed by atoms with van der Waals surface area (Å²) < 4.78 is 5.11. The van der Waals surface area contributed by atoms with E-state index >= 15 is 0 Å². The van der Waals surface area contributed by atoms with E-state index in [0.717, 1.165) is 0 Å². The number of nitrogens with one attached hydrogen (secondary N) is 3. The lowest BCUT2D eigenvalue weighted by molar-refractivity contribution is -0.136. The zero-order valence-corrected chi connectivity index (χ0v) is 17.7. The molecule has 0 aromatic heterocycles. The molecule has 0 aliphatic carbocycles. The number of amides is 3. The molecular weight excluding hydrogens is 432 g/mol. The molecule has 0 atom stereocenters. The van der Waals surface area contributed by atoms with E-state index in [1.165, 1.54) is 25.5 Å². The summed E-state index contributed by atoms with van der Waals surface area (Å²) in [5, 5.41) is 9.44. The first kappa shape index (κ1) is 22.5. The minimum absolute atomic E-state index is 0.177. The molecule has 32 heavy (non-hydrogen) atoms. The lowest BCUT2D eigenvalue weighted by atomic mass is 10.1. The van der Waals surface area contributed by atoms with E-state index in [-0.39, 0.29) is 11.3 Å². The molecule has 3 rings (SSSR count). The Hall–Kier alpha value is -4.17. The van der Waals surface area contributed by atoms with Crippen LogP contribution in [0.2, 0.25) is 5.02 Å². The Kier molecular flexibility index (Phi) is 7.55. The van der Waals surface area contributed by atoms with Crippen LogP contribution >= 0.6 is 11.6 Å². The number of methoxy groups -OCH3 is 1. The summed E-state index contributed by atoms with van der Waals surface area (Å²) in [6.07, 6.45) is 1.38. The van der Waals surface area contributed by atoms with Crippen molar-refractivity contribution < 1.29 is 19.1 Å². The van der Waals surface area contributed by atoms with E-state index in [9.17, 15) is 14.4 Å². The highest BCUT2D eigenvalue weighted by Gasteiger charge is 2.17. The number of carbonyl (C=O) groups is 3. The number of rotatable bonds is 6. The maximum atomic E-state index is 12.6. The summed E-state index contributed by atoms with van der Waals surface area (Å²) in [5.74, 6) is -1.79. The molecule has 3 aromatic rings. The van der Waals surface area contributed by atoms with Crippen molar-refractivity contribution >= 4 is 46.9 Å². The summed E-state index contributed by atoms with van der Waals surface area (Å²) in [6.45, 7) is 0. The van der Waals surface area contributed by atoms with Crippen molar-refractivity contribution in [3.63, 3.8) is 0 Å². The van der Waals surface area contributed by atoms with Gasteiger partial charge in [0, 0.05) is 10.7 Å². The van der Waals surface area contributed by atoms with Crippen LogP contribution in [0.15, 0.2) is 77.9 Å². The maximum Gasteiger partial charge on any atom is 0.329 e. The zero-order chi connectivity index (χ0) is 22.9. The van der Waals surface area contributed by atoms with Gasteiger partial charge in [-0.3, -0.25) is 14.4 Å². The maximum absolute atomic E-state index is 12.6. The van der Waals surface area contributed by atoms with Crippen molar-refractivity contribution in [2.75, 3.05) is 17.7 Å². The van der Waals surface area contributed by atoms with Crippen LogP contribution < -0.4 is 20.8 Å². The first-order valence-electron chi connectivity index (χ1n) is 9.40. The van der Waals surface area contributed by atoms with Crippen LogP contribution in [-0.4, -0.2) is 31.0 Å². The first-order chi connectivity index (χ1) is 15.5. The number of halogens is 1. The third-order valence-electron chi connectivity index (χ3n) is 4.20. The van der Waals surface area contributed by atoms with Crippen LogP contribution in [0.3, 0.4) is 0 Å². The van der Waals surface area contributed by atoms with E-state index in [4.69, 9.17) is 16.3 Å². The van der Waals surface area contributed by atoms with Crippen LogP contribution in [0.5, 0.6) is 5.75 Å². The highest BCUT2D eigenvalue weighted by Crippen LogP contribution is 2.19. The van der Waals surface area contributed by atoms with Gasteiger partial charge in [0.25, 0.3) is 5.91 Å². The lowest BCUT2D eigenvalue weighted by Crippen LogP contribution is -2.33. The summed E-state index contributed by atoms with van der Waals surface area (Å²) in [7, 11) is 1.54. The normalized spacial score (nSPS) is 10.4. The number of benzene rings is 3. The van der Waals surface area contributed by atoms with Gasteiger partial charge in [-0.2, -0.15) is 5.10 Å². The average molecular weight is 451 g/mol. The number of hydrogen-bond acceptors (Lipinski definition) is 5. The lowest BCUT2D eigenvalue weighted by Gasteiger charge is -2.11. The molecule has 0 saturated carbocycles. The molecule has 3 N–H and O–H groups in total.